The van der Waals surface area contributed by atoms with Gasteiger partial charge in [0, 0.05) is 6.04 Å². The summed E-state index contributed by atoms with van der Waals surface area (Å²) in [5, 5.41) is 14.0. The summed E-state index contributed by atoms with van der Waals surface area (Å²) in [6, 6.07) is 1.41. The predicted octanol–water partition coefficient (Wildman–Crippen LogP) is 1.98. The van der Waals surface area contributed by atoms with Crippen molar-refractivity contribution in [3.8, 4) is 5.69 Å². The standard InChI is InChI=1S/C20H23F2N9O/c1-10-16(31-26-5-6-27-31)7-11(9-25-10)28-19-12(18(24)32)8-14(22)20(30-19)29-15-4-2-3-13(21)17(15)23/h5-9,13,15,17H,2-4,23H2,1H3,(H2,24,32)(H2,28,29,30). The highest BCUT2D eigenvalue weighted by Crippen LogP contribution is 2.28. The van der Waals surface area contributed by atoms with Crippen LogP contribution in [0.25, 0.3) is 5.69 Å². The van der Waals surface area contributed by atoms with E-state index in [0.717, 1.165) is 6.07 Å². The molecule has 32 heavy (non-hydrogen) atoms. The van der Waals surface area contributed by atoms with Gasteiger partial charge in [-0.05, 0) is 38.3 Å². The summed E-state index contributed by atoms with van der Waals surface area (Å²) < 4.78 is 28.7. The first-order valence-electron chi connectivity index (χ1n) is 10.1. The molecule has 1 amide bonds. The first kappa shape index (κ1) is 21.6. The SMILES string of the molecule is Cc1ncc(Nc2nc(NC3CCCC(F)C3N)c(F)cc2C(N)=O)cc1-n1nccn1. The Morgan fingerprint density at radius 2 is 1.97 bits per heavy atom. The molecule has 3 heterocycles. The maximum Gasteiger partial charge on any atom is 0.252 e. The Labute approximate surface area is 182 Å². The van der Waals surface area contributed by atoms with Crippen LogP contribution in [0.2, 0.25) is 0 Å². The number of anilines is 3. The molecule has 3 aromatic heterocycles. The quantitative estimate of drug-likeness (QED) is 0.452. The summed E-state index contributed by atoms with van der Waals surface area (Å²) in [5.41, 5.74) is 12.9. The average molecular weight is 443 g/mol. The number of nitrogens with two attached hydrogens (primary N) is 2. The number of hydrogen-bond donors (Lipinski definition) is 4. The highest BCUT2D eigenvalue weighted by molar-refractivity contribution is 5.98. The molecule has 6 N–H and O–H groups in total. The number of carbonyl (C=O) groups is 1. The van der Waals surface area contributed by atoms with Crippen molar-refractivity contribution in [3.05, 3.63) is 47.8 Å². The third-order valence-electron chi connectivity index (χ3n) is 5.40. The van der Waals surface area contributed by atoms with Gasteiger partial charge in [0.2, 0.25) is 0 Å². The van der Waals surface area contributed by atoms with Gasteiger partial charge in [-0.1, -0.05) is 0 Å². The number of aromatic nitrogens is 5. The highest BCUT2D eigenvalue weighted by Gasteiger charge is 2.31. The van der Waals surface area contributed by atoms with Crippen LogP contribution in [0.1, 0.15) is 35.3 Å². The Bertz CT molecular complexity index is 1120. The van der Waals surface area contributed by atoms with Crippen LogP contribution < -0.4 is 22.1 Å². The van der Waals surface area contributed by atoms with Crippen LogP contribution in [-0.2, 0) is 0 Å². The second kappa shape index (κ2) is 8.83. The minimum absolute atomic E-state index is 0.0209. The van der Waals surface area contributed by atoms with Crippen molar-refractivity contribution < 1.29 is 13.6 Å². The van der Waals surface area contributed by atoms with Crippen molar-refractivity contribution in [2.45, 2.75) is 44.4 Å². The van der Waals surface area contributed by atoms with Gasteiger partial charge in [0.15, 0.2) is 11.6 Å². The molecule has 12 heteroatoms. The minimum atomic E-state index is -1.18. The van der Waals surface area contributed by atoms with Crippen molar-refractivity contribution in [2.24, 2.45) is 11.5 Å². The number of nitrogens with one attached hydrogen (secondary N) is 2. The lowest BCUT2D eigenvalue weighted by atomic mass is 9.89. The molecule has 0 bridgehead atoms. The number of carbonyl (C=O) groups excluding carboxylic acids is 1. The van der Waals surface area contributed by atoms with Crippen molar-refractivity contribution in [1.82, 2.24) is 25.0 Å². The summed E-state index contributed by atoms with van der Waals surface area (Å²) in [6.45, 7) is 1.79. The zero-order valence-corrected chi connectivity index (χ0v) is 17.3. The number of primary amides is 1. The number of hydrogen-bond acceptors (Lipinski definition) is 8. The fourth-order valence-corrected chi connectivity index (χ4v) is 3.66. The predicted molar refractivity (Wildman–Crippen MR) is 114 cm³/mol. The van der Waals surface area contributed by atoms with E-state index in [1.165, 1.54) is 23.4 Å². The Hall–Kier alpha value is -3.67. The molecule has 0 radical (unpaired) electrons. The van der Waals surface area contributed by atoms with Gasteiger partial charge in [-0.25, -0.2) is 13.8 Å². The van der Waals surface area contributed by atoms with Gasteiger partial charge >= 0.3 is 0 Å². The zero-order valence-electron chi connectivity index (χ0n) is 17.3. The van der Waals surface area contributed by atoms with Crippen LogP contribution in [0, 0.1) is 12.7 Å². The molecule has 0 aromatic carbocycles. The molecule has 0 spiro atoms. The Morgan fingerprint density at radius 1 is 1.22 bits per heavy atom. The monoisotopic (exact) mass is 443 g/mol. The summed E-state index contributed by atoms with van der Waals surface area (Å²) in [6.07, 6.45) is 4.97. The van der Waals surface area contributed by atoms with Crippen molar-refractivity contribution in [3.63, 3.8) is 0 Å². The van der Waals surface area contributed by atoms with E-state index in [1.54, 1.807) is 13.0 Å². The van der Waals surface area contributed by atoms with E-state index >= 15 is 0 Å². The topological polar surface area (TPSA) is 150 Å². The van der Waals surface area contributed by atoms with Crippen molar-refractivity contribution in [2.75, 3.05) is 10.6 Å². The van der Waals surface area contributed by atoms with Gasteiger partial charge in [0.05, 0.1) is 41.6 Å². The number of amides is 1. The van der Waals surface area contributed by atoms with Gasteiger partial charge in [0.1, 0.15) is 17.7 Å². The molecule has 1 fully saturated rings. The molecule has 0 saturated heterocycles. The third kappa shape index (κ3) is 4.35. The lowest BCUT2D eigenvalue weighted by molar-refractivity contribution is 0.100. The van der Waals surface area contributed by atoms with Gasteiger partial charge in [-0.15, -0.1) is 4.80 Å². The number of aryl methyl sites for hydroxylation is 1. The molecule has 1 aliphatic rings. The van der Waals surface area contributed by atoms with E-state index in [9.17, 15) is 13.6 Å². The van der Waals surface area contributed by atoms with Gasteiger partial charge in [-0.3, -0.25) is 9.78 Å². The van der Waals surface area contributed by atoms with Gasteiger partial charge in [-0.2, -0.15) is 10.2 Å². The Morgan fingerprint density at radius 3 is 2.69 bits per heavy atom. The normalized spacial score (nSPS) is 20.7. The zero-order chi connectivity index (χ0) is 22.8. The van der Waals surface area contributed by atoms with Crippen LogP contribution in [0.5, 0.6) is 0 Å². The largest absolute Gasteiger partial charge is 0.365 e. The maximum atomic E-state index is 14.7. The molecule has 168 valence electrons. The van der Waals surface area contributed by atoms with E-state index in [0.29, 0.717) is 36.3 Å². The van der Waals surface area contributed by atoms with Crippen LogP contribution in [0.4, 0.5) is 26.1 Å². The van der Waals surface area contributed by atoms with Crippen LogP contribution >= 0.6 is 0 Å². The maximum absolute atomic E-state index is 14.7. The van der Waals surface area contributed by atoms with Crippen molar-refractivity contribution in [1.29, 1.82) is 0 Å². The second-order valence-corrected chi connectivity index (χ2v) is 7.63. The number of halogens is 2. The first-order chi connectivity index (χ1) is 15.3. The molecule has 3 atom stereocenters. The van der Waals surface area contributed by atoms with E-state index in [1.807, 2.05) is 0 Å². The van der Waals surface area contributed by atoms with Crippen LogP contribution in [0.15, 0.2) is 30.7 Å². The smallest absolute Gasteiger partial charge is 0.252 e. The molecule has 3 unspecified atom stereocenters. The highest BCUT2D eigenvalue weighted by atomic mass is 19.1. The van der Waals surface area contributed by atoms with Crippen molar-refractivity contribution >= 4 is 23.2 Å². The summed E-state index contributed by atoms with van der Waals surface area (Å²) in [7, 11) is 0. The Kier molecular flexibility index (Phi) is 5.95. The summed E-state index contributed by atoms with van der Waals surface area (Å²) in [5.74, 6) is -1.78. The molecular formula is C20H23F2N9O. The van der Waals surface area contributed by atoms with E-state index < -0.39 is 30.0 Å². The number of rotatable bonds is 6. The number of nitrogens with zero attached hydrogens (tertiary/aromatic N) is 5. The van der Waals surface area contributed by atoms with E-state index in [2.05, 4.69) is 30.8 Å². The van der Waals surface area contributed by atoms with E-state index in [-0.39, 0.29) is 17.2 Å². The summed E-state index contributed by atoms with van der Waals surface area (Å²) in [4.78, 5) is 21.8. The third-order valence-corrected chi connectivity index (χ3v) is 5.40. The number of pyridine rings is 2. The minimum Gasteiger partial charge on any atom is -0.365 e. The Balaban J connectivity index is 1.66. The second-order valence-electron chi connectivity index (χ2n) is 7.63. The van der Waals surface area contributed by atoms with Gasteiger partial charge in [0.25, 0.3) is 5.91 Å². The number of alkyl halides is 1. The molecule has 1 saturated carbocycles. The first-order valence-corrected chi connectivity index (χ1v) is 10.1. The average Bonchev–Trinajstić information content (AvgIpc) is 3.29. The van der Waals surface area contributed by atoms with Crippen LogP contribution in [0.3, 0.4) is 0 Å². The molecule has 3 aromatic rings. The molecule has 10 nitrogen and oxygen atoms in total. The fraction of sp³-hybridized carbons (Fsp3) is 0.350. The molecule has 4 rings (SSSR count). The lowest BCUT2D eigenvalue weighted by Crippen LogP contribution is -2.49. The van der Waals surface area contributed by atoms with Crippen LogP contribution in [-0.4, -0.2) is 49.1 Å². The summed E-state index contributed by atoms with van der Waals surface area (Å²) >= 11 is 0. The fourth-order valence-electron chi connectivity index (χ4n) is 3.66. The molecular weight excluding hydrogens is 420 g/mol. The van der Waals surface area contributed by atoms with Gasteiger partial charge < -0.3 is 22.1 Å². The molecule has 0 aliphatic heterocycles. The lowest BCUT2D eigenvalue weighted by Gasteiger charge is -2.32. The van der Waals surface area contributed by atoms with E-state index in [4.69, 9.17) is 11.5 Å². The molecule has 1 aliphatic carbocycles.